The number of Topliss-reactive ketones (excluding diaryl/α,β-unsaturated/α-hetero) is 1. The lowest BCUT2D eigenvalue weighted by Gasteiger charge is -2.38. The Morgan fingerprint density at radius 2 is 1.22 bits per heavy atom. The van der Waals surface area contributed by atoms with Gasteiger partial charge < -0.3 is 18.9 Å². The Kier molecular flexibility index (Phi) is 10.4. The van der Waals surface area contributed by atoms with Crippen molar-refractivity contribution in [2.24, 2.45) is 11.3 Å². The monoisotopic (exact) mass is 615 g/mol. The van der Waals surface area contributed by atoms with Crippen LogP contribution in [-0.2, 0) is 39.8 Å². The van der Waals surface area contributed by atoms with Gasteiger partial charge in [-0.25, -0.2) is 9.59 Å². The number of rotatable bonds is 13. The van der Waals surface area contributed by atoms with Crippen molar-refractivity contribution in [2.75, 3.05) is 31.8 Å². The number of anilines is 1. The van der Waals surface area contributed by atoms with E-state index < -0.39 is 52.9 Å². The highest BCUT2D eigenvalue weighted by atomic mass is 16.6. The van der Waals surface area contributed by atoms with E-state index in [2.05, 4.69) is 0 Å². The maximum Gasteiger partial charge on any atom is 0.344 e. The van der Waals surface area contributed by atoms with Crippen LogP contribution in [0, 0.1) is 11.3 Å². The topological polar surface area (TPSA) is 126 Å². The molecule has 0 saturated carbocycles. The van der Waals surface area contributed by atoms with Gasteiger partial charge in [-0.15, -0.1) is 0 Å². The smallest absolute Gasteiger partial charge is 0.344 e. The van der Waals surface area contributed by atoms with Crippen LogP contribution in [0.25, 0.3) is 0 Å². The third-order valence-corrected chi connectivity index (χ3v) is 7.99. The van der Waals surface area contributed by atoms with Gasteiger partial charge in [0, 0.05) is 23.6 Å². The molecule has 2 atom stereocenters. The summed E-state index contributed by atoms with van der Waals surface area (Å²) in [7, 11) is 1.47. The molecule has 1 aliphatic rings. The standard InChI is InChI=1S/C35H37NO9/c1-5-43-31(39)34(23-24-14-10-8-11-15-24)29(22-28(37)25-16-12-9-13-17-25)35(32(40)44-6-2,33(41)45-7-3)36(30(34)38)26-18-20-27(42-4)21-19-26/h8-21,29H,5-7,22-23H2,1-4H3/t29-,34-/m1/s1. The molecule has 1 heterocycles. The van der Waals surface area contributed by atoms with Gasteiger partial charge >= 0.3 is 17.9 Å². The minimum absolute atomic E-state index is 0.0956. The molecular weight excluding hydrogens is 578 g/mol. The predicted octanol–water partition coefficient (Wildman–Crippen LogP) is 4.59. The van der Waals surface area contributed by atoms with E-state index >= 15 is 4.79 Å². The quantitative estimate of drug-likeness (QED) is 0.118. The van der Waals surface area contributed by atoms with E-state index in [9.17, 15) is 19.2 Å². The number of nitrogens with zero attached hydrogens (tertiary/aromatic N) is 1. The third-order valence-electron chi connectivity index (χ3n) is 7.99. The van der Waals surface area contributed by atoms with Gasteiger partial charge in [-0.2, -0.15) is 0 Å². The summed E-state index contributed by atoms with van der Waals surface area (Å²) in [5.41, 5.74) is -3.88. The fourth-order valence-electron chi connectivity index (χ4n) is 6.03. The van der Waals surface area contributed by atoms with Crippen LogP contribution >= 0.6 is 0 Å². The fraction of sp³-hybridized carbons (Fsp3) is 0.343. The highest BCUT2D eigenvalue weighted by Gasteiger charge is 2.78. The predicted molar refractivity (Wildman–Crippen MR) is 165 cm³/mol. The highest BCUT2D eigenvalue weighted by molar-refractivity contribution is 6.25. The minimum atomic E-state index is -2.58. The van der Waals surface area contributed by atoms with Crippen molar-refractivity contribution in [3.8, 4) is 5.75 Å². The lowest BCUT2D eigenvalue weighted by molar-refractivity contribution is -0.170. The number of esters is 3. The van der Waals surface area contributed by atoms with Crippen LogP contribution in [0.3, 0.4) is 0 Å². The van der Waals surface area contributed by atoms with Crippen molar-refractivity contribution in [2.45, 2.75) is 39.2 Å². The summed E-state index contributed by atoms with van der Waals surface area (Å²) in [6.07, 6.45) is -0.836. The molecule has 0 aliphatic carbocycles. The van der Waals surface area contributed by atoms with Gasteiger partial charge in [-0.05, 0) is 57.0 Å². The molecule has 0 spiro atoms. The molecule has 45 heavy (non-hydrogen) atoms. The average Bonchev–Trinajstić information content (AvgIpc) is 3.27. The van der Waals surface area contributed by atoms with Gasteiger partial charge in [0.1, 0.15) is 5.75 Å². The van der Waals surface area contributed by atoms with Crippen molar-refractivity contribution in [3.63, 3.8) is 0 Å². The van der Waals surface area contributed by atoms with Crippen molar-refractivity contribution in [1.82, 2.24) is 0 Å². The lowest BCUT2D eigenvalue weighted by atomic mass is 9.64. The van der Waals surface area contributed by atoms with E-state index in [4.69, 9.17) is 18.9 Å². The van der Waals surface area contributed by atoms with E-state index in [1.165, 1.54) is 19.2 Å². The highest BCUT2D eigenvalue weighted by Crippen LogP contribution is 2.55. The van der Waals surface area contributed by atoms with Gasteiger partial charge in [0.15, 0.2) is 11.2 Å². The van der Waals surface area contributed by atoms with Crippen LogP contribution in [0.15, 0.2) is 84.9 Å². The van der Waals surface area contributed by atoms with E-state index in [0.717, 1.165) is 4.90 Å². The first-order valence-corrected chi connectivity index (χ1v) is 14.8. The normalized spacial score (nSPS) is 18.6. The zero-order valence-electron chi connectivity index (χ0n) is 25.8. The molecule has 236 valence electrons. The second-order valence-electron chi connectivity index (χ2n) is 10.4. The number of ether oxygens (including phenoxy) is 4. The molecule has 0 aromatic heterocycles. The van der Waals surface area contributed by atoms with Crippen LogP contribution < -0.4 is 9.64 Å². The summed E-state index contributed by atoms with van der Waals surface area (Å²) in [6.45, 7) is 4.28. The number of hydrogen-bond acceptors (Lipinski definition) is 9. The van der Waals surface area contributed by atoms with E-state index in [1.54, 1.807) is 93.6 Å². The first kappa shape index (κ1) is 32.9. The zero-order valence-corrected chi connectivity index (χ0v) is 25.8. The van der Waals surface area contributed by atoms with Crippen LogP contribution in [-0.4, -0.2) is 62.1 Å². The number of ketones is 1. The number of methoxy groups -OCH3 is 1. The van der Waals surface area contributed by atoms with Gasteiger partial charge in [0.05, 0.1) is 26.9 Å². The number of benzene rings is 3. The number of hydrogen-bond donors (Lipinski definition) is 0. The molecule has 0 N–H and O–H groups in total. The molecule has 1 amide bonds. The Morgan fingerprint density at radius 3 is 1.73 bits per heavy atom. The van der Waals surface area contributed by atoms with Crippen molar-refractivity contribution in [1.29, 1.82) is 0 Å². The van der Waals surface area contributed by atoms with Crippen LogP contribution in [0.4, 0.5) is 5.69 Å². The Balaban J connectivity index is 2.13. The third kappa shape index (κ3) is 5.92. The Morgan fingerprint density at radius 1 is 0.711 bits per heavy atom. The van der Waals surface area contributed by atoms with E-state index in [1.807, 2.05) is 0 Å². The molecule has 4 rings (SSSR count). The maximum atomic E-state index is 15.1. The number of amides is 1. The molecule has 10 heteroatoms. The van der Waals surface area contributed by atoms with Gasteiger partial charge in [-0.1, -0.05) is 60.7 Å². The molecule has 1 aliphatic heterocycles. The molecule has 0 radical (unpaired) electrons. The van der Waals surface area contributed by atoms with Crippen molar-refractivity contribution in [3.05, 3.63) is 96.1 Å². The van der Waals surface area contributed by atoms with E-state index in [0.29, 0.717) is 11.3 Å². The Hall–Kier alpha value is -4.99. The first-order chi connectivity index (χ1) is 21.7. The van der Waals surface area contributed by atoms with Crippen molar-refractivity contribution >= 4 is 35.3 Å². The first-order valence-electron chi connectivity index (χ1n) is 14.8. The molecular formula is C35H37NO9. The van der Waals surface area contributed by atoms with Gasteiger partial charge in [0.25, 0.3) is 0 Å². The van der Waals surface area contributed by atoms with E-state index in [-0.39, 0.29) is 37.5 Å². The Bertz CT molecular complexity index is 1500. The fourth-order valence-corrected chi connectivity index (χ4v) is 6.03. The molecule has 10 nitrogen and oxygen atoms in total. The lowest BCUT2D eigenvalue weighted by Crippen LogP contribution is -2.63. The zero-order chi connectivity index (χ0) is 32.6. The second-order valence-corrected chi connectivity index (χ2v) is 10.4. The van der Waals surface area contributed by atoms with Gasteiger partial charge in [-0.3, -0.25) is 19.3 Å². The number of carbonyl (C=O) groups is 5. The summed E-state index contributed by atoms with van der Waals surface area (Å²) in [4.78, 5) is 73.2. The molecule has 3 aromatic carbocycles. The Labute approximate surface area is 262 Å². The molecule has 0 bridgehead atoms. The average molecular weight is 616 g/mol. The summed E-state index contributed by atoms with van der Waals surface area (Å²) < 4.78 is 21.9. The van der Waals surface area contributed by atoms with Crippen LogP contribution in [0.1, 0.15) is 43.1 Å². The SMILES string of the molecule is CCOC(=O)C1(C(=O)OCC)[C@H](CC(=O)c2ccccc2)[C@@](Cc2ccccc2)(C(=O)OCC)C(=O)N1c1ccc(OC)cc1. The molecule has 1 saturated heterocycles. The van der Waals surface area contributed by atoms with Crippen LogP contribution in [0.5, 0.6) is 5.75 Å². The summed E-state index contributed by atoms with van der Waals surface area (Å²) >= 11 is 0. The van der Waals surface area contributed by atoms with Crippen molar-refractivity contribution < 1.29 is 42.9 Å². The molecule has 3 aromatic rings. The second kappa shape index (κ2) is 14.2. The summed E-state index contributed by atoms with van der Waals surface area (Å²) in [5, 5.41) is 0. The minimum Gasteiger partial charge on any atom is -0.497 e. The maximum absolute atomic E-state index is 15.1. The van der Waals surface area contributed by atoms with Gasteiger partial charge in [0.2, 0.25) is 11.4 Å². The number of carbonyl (C=O) groups excluding carboxylic acids is 5. The largest absolute Gasteiger partial charge is 0.497 e. The summed E-state index contributed by atoms with van der Waals surface area (Å²) in [6, 6.07) is 23.0. The van der Waals surface area contributed by atoms with Crippen LogP contribution in [0.2, 0.25) is 0 Å². The summed E-state index contributed by atoms with van der Waals surface area (Å²) in [5.74, 6) is -5.79. The molecule has 1 fully saturated rings. The molecule has 0 unspecified atom stereocenters.